The highest BCUT2D eigenvalue weighted by Gasteiger charge is 2.41. The number of carbonyl (C=O) groups excluding carboxylic acids is 1. The molecule has 0 aliphatic carbocycles. The van der Waals surface area contributed by atoms with Gasteiger partial charge in [0.05, 0.1) is 5.56 Å². The highest BCUT2D eigenvalue weighted by Crippen LogP contribution is 2.39. The molecule has 2 aliphatic rings. The molecule has 112 valence electrons. The van der Waals surface area contributed by atoms with Gasteiger partial charge in [-0.2, -0.15) is 11.8 Å². The fraction of sp³-hybridized carbons (Fsp3) is 0.278. The highest BCUT2D eigenvalue weighted by atomic mass is 32.2. The van der Waals surface area contributed by atoms with Gasteiger partial charge in [-0.15, -0.1) is 0 Å². The number of carbonyl (C=O) groups is 1. The van der Waals surface area contributed by atoms with Gasteiger partial charge >= 0.3 is 0 Å². The van der Waals surface area contributed by atoms with Crippen molar-refractivity contribution in [2.75, 3.05) is 12.3 Å². The molecule has 0 radical (unpaired) electrons. The molecule has 0 aromatic heterocycles. The van der Waals surface area contributed by atoms with Crippen LogP contribution in [0.4, 0.5) is 0 Å². The van der Waals surface area contributed by atoms with E-state index in [-0.39, 0.29) is 5.91 Å². The van der Waals surface area contributed by atoms with E-state index in [1.165, 1.54) is 0 Å². The summed E-state index contributed by atoms with van der Waals surface area (Å²) in [5.41, 5.74) is 0.656. The van der Waals surface area contributed by atoms with Crippen molar-refractivity contribution in [2.24, 2.45) is 0 Å². The fourth-order valence-electron chi connectivity index (χ4n) is 3.15. The standard InChI is InChI=1S/C18H17NO2S/c20-18(19-11-15-10-13(19)12-22-15)16-8-4-5-9-17(16)21-14-6-2-1-3-7-14/h1-9,13,15H,10-12H2. The van der Waals surface area contributed by atoms with Crippen LogP contribution in [-0.2, 0) is 0 Å². The van der Waals surface area contributed by atoms with Crippen LogP contribution in [0.2, 0.25) is 0 Å². The summed E-state index contributed by atoms with van der Waals surface area (Å²) in [6.07, 6.45) is 1.14. The van der Waals surface area contributed by atoms with Crippen molar-refractivity contribution < 1.29 is 9.53 Å². The van der Waals surface area contributed by atoms with E-state index in [1.54, 1.807) is 0 Å². The first kappa shape index (κ1) is 13.7. The predicted molar refractivity (Wildman–Crippen MR) is 88.6 cm³/mol. The van der Waals surface area contributed by atoms with Gasteiger partial charge in [0.2, 0.25) is 0 Å². The lowest BCUT2D eigenvalue weighted by atomic mass is 10.1. The smallest absolute Gasteiger partial charge is 0.257 e. The molecule has 2 atom stereocenters. The maximum atomic E-state index is 12.9. The Bertz CT molecular complexity index is 688. The number of amides is 1. The van der Waals surface area contributed by atoms with Crippen molar-refractivity contribution in [2.45, 2.75) is 17.7 Å². The monoisotopic (exact) mass is 311 g/mol. The summed E-state index contributed by atoms with van der Waals surface area (Å²) < 4.78 is 5.92. The van der Waals surface area contributed by atoms with Crippen molar-refractivity contribution in [3.63, 3.8) is 0 Å². The molecule has 22 heavy (non-hydrogen) atoms. The van der Waals surface area contributed by atoms with Gasteiger partial charge < -0.3 is 9.64 Å². The second-order valence-electron chi connectivity index (χ2n) is 5.71. The van der Waals surface area contributed by atoms with Crippen molar-refractivity contribution >= 4 is 17.7 Å². The van der Waals surface area contributed by atoms with Gasteiger partial charge in [0.15, 0.2) is 0 Å². The Balaban J connectivity index is 1.60. The topological polar surface area (TPSA) is 29.5 Å². The molecule has 2 saturated heterocycles. The van der Waals surface area contributed by atoms with Crippen molar-refractivity contribution in [3.8, 4) is 11.5 Å². The highest BCUT2D eigenvalue weighted by molar-refractivity contribution is 8.00. The van der Waals surface area contributed by atoms with E-state index < -0.39 is 0 Å². The summed E-state index contributed by atoms with van der Waals surface area (Å²) in [6, 6.07) is 17.5. The Morgan fingerprint density at radius 1 is 1.09 bits per heavy atom. The third-order valence-corrected chi connectivity index (χ3v) is 5.64. The molecule has 2 unspecified atom stereocenters. The van der Waals surface area contributed by atoms with E-state index in [4.69, 9.17) is 4.74 Å². The summed E-state index contributed by atoms with van der Waals surface area (Å²) in [6.45, 7) is 0.869. The maximum Gasteiger partial charge on any atom is 0.257 e. The second-order valence-corrected chi connectivity index (χ2v) is 7.05. The summed E-state index contributed by atoms with van der Waals surface area (Å²) in [7, 11) is 0. The first-order valence-electron chi connectivity index (χ1n) is 7.56. The van der Waals surface area contributed by atoms with Crippen LogP contribution in [0.5, 0.6) is 11.5 Å². The van der Waals surface area contributed by atoms with Crippen LogP contribution in [0.3, 0.4) is 0 Å². The van der Waals surface area contributed by atoms with Crippen LogP contribution in [0, 0.1) is 0 Å². The quantitative estimate of drug-likeness (QED) is 0.863. The molecule has 2 aliphatic heterocycles. The molecule has 2 aromatic carbocycles. The van der Waals surface area contributed by atoms with Gasteiger partial charge in [-0.1, -0.05) is 30.3 Å². The van der Waals surface area contributed by atoms with E-state index >= 15 is 0 Å². The Kier molecular flexibility index (Phi) is 3.54. The molecule has 1 amide bonds. The van der Waals surface area contributed by atoms with Gasteiger partial charge in [0, 0.05) is 23.6 Å². The fourth-order valence-corrected chi connectivity index (χ4v) is 4.59. The minimum atomic E-state index is 0.0966. The normalized spacial score (nSPS) is 22.8. The number of hydrogen-bond donors (Lipinski definition) is 0. The molecule has 0 saturated carbocycles. The van der Waals surface area contributed by atoms with Gasteiger partial charge in [-0.05, 0) is 30.7 Å². The number of hydrogen-bond acceptors (Lipinski definition) is 3. The minimum Gasteiger partial charge on any atom is -0.457 e. The second kappa shape index (κ2) is 5.69. The van der Waals surface area contributed by atoms with Crippen LogP contribution in [0.25, 0.3) is 0 Å². The third-order valence-electron chi connectivity index (χ3n) is 4.25. The number of benzene rings is 2. The Hall–Kier alpha value is -1.94. The van der Waals surface area contributed by atoms with E-state index in [0.29, 0.717) is 22.6 Å². The number of nitrogens with zero attached hydrogens (tertiary/aromatic N) is 1. The minimum absolute atomic E-state index is 0.0966. The molecule has 4 heteroatoms. The molecule has 0 N–H and O–H groups in total. The zero-order valence-corrected chi connectivity index (χ0v) is 13.0. The van der Waals surface area contributed by atoms with Gasteiger partial charge in [0.25, 0.3) is 5.91 Å². The van der Waals surface area contributed by atoms with Crippen molar-refractivity contribution in [1.29, 1.82) is 0 Å². The molecular formula is C18H17NO2S. The summed E-state index contributed by atoms with van der Waals surface area (Å²) in [5, 5.41) is 0.621. The maximum absolute atomic E-state index is 12.9. The van der Waals surface area contributed by atoms with Crippen LogP contribution < -0.4 is 4.74 Å². The molecular weight excluding hydrogens is 294 g/mol. The lowest BCUT2D eigenvalue weighted by Gasteiger charge is -2.27. The summed E-state index contributed by atoms with van der Waals surface area (Å²) in [4.78, 5) is 14.9. The van der Waals surface area contributed by atoms with Crippen molar-refractivity contribution in [3.05, 3.63) is 60.2 Å². The zero-order valence-electron chi connectivity index (χ0n) is 12.1. The Morgan fingerprint density at radius 3 is 2.59 bits per heavy atom. The van der Waals surface area contributed by atoms with Crippen LogP contribution in [-0.4, -0.2) is 34.4 Å². The van der Waals surface area contributed by atoms with E-state index in [9.17, 15) is 4.79 Å². The van der Waals surface area contributed by atoms with E-state index in [0.717, 1.165) is 24.5 Å². The number of thioether (sulfide) groups is 1. The molecule has 4 rings (SSSR count). The first-order valence-corrected chi connectivity index (χ1v) is 8.60. The van der Waals surface area contributed by atoms with Crippen LogP contribution >= 0.6 is 11.8 Å². The van der Waals surface area contributed by atoms with Crippen LogP contribution in [0.15, 0.2) is 54.6 Å². The average molecular weight is 311 g/mol. The molecule has 3 nitrogen and oxygen atoms in total. The third kappa shape index (κ3) is 2.48. The van der Waals surface area contributed by atoms with E-state index in [1.807, 2.05) is 71.3 Å². The zero-order chi connectivity index (χ0) is 14.9. The van der Waals surface area contributed by atoms with Gasteiger partial charge in [0.1, 0.15) is 11.5 Å². The molecule has 2 bridgehead atoms. The van der Waals surface area contributed by atoms with Gasteiger partial charge in [-0.25, -0.2) is 0 Å². The number of likely N-dealkylation sites (tertiary alicyclic amines) is 1. The predicted octanol–water partition coefficient (Wildman–Crippen LogP) is 3.81. The lowest BCUT2D eigenvalue weighted by Crippen LogP contribution is -2.39. The van der Waals surface area contributed by atoms with E-state index in [2.05, 4.69) is 0 Å². The van der Waals surface area contributed by atoms with Gasteiger partial charge in [-0.3, -0.25) is 4.79 Å². The Morgan fingerprint density at radius 2 is 1.86 bits per heavy atom. The number of para-hydroxylation sites is 2. The number of rotatable bonds is 3. The Labute approximate surface area is 134 Å². The molecule has 0 spiro atoms. The largest absolute Gasteiger partial charge is 0.457 e. The summed E-state index contributed by atoms with van der Waals surface area (Å²) >= 11 is 1.99. The number of fused-ring (bicyclic) bond motifs is 2. The van der Waals surface area contributed by atoms with Crippen molar-refractivity contribution in [1.82, 2.24) is 4.90 Å². The molecule has 2 heterocycles. The van der Waals surface area contributed by atoms with Crippen LogP contribution in [0.1, 0.15) is 16.8 Å². The first-order chi connectivity index (χ1) is 10.8. The molecule has 2 aromatic rings. The molecule has 2 fully saturated rings. The summed E-state index contributed by atoms with van der Waals surface area (Å²) in [5.74, 6) is 2.55. The number of ether oxygens (including phenoxy) is 1. The average Bonchev–Trinajstić information content (AvgIpc) is 3.19. The lowest BCUT2D eigenvalue weighted by molar-refractivity contribution is 0.0745. The SMILES string of the molecule is O=C(c1ccccc1Oc1ccccc1)N1CC2CC1CS2.